The molecule has 0 bridgehead atoms. The van der Waals surface area contributed by atoms with Crippen molar-refractivity contribution in [3.05, 3.63) is 35.4 Å². The Hall–Kier alpha value is -1.53. The van der Waals surface area contributed by atoms with Gasteiger partial charge in [0.1, 0.15) is 11.6 Å². The van der Waals surface area contributed by atoms with Crippen molar-refractivity contribution >= 4 is 5.91 Å². The summed E-state index contributed by atoms with van der Waals surface area (Å²) in [4.78, 5) is 14.8. The standard InChI is InChI=1S/C21H27F2NO3/c1-26-21-5-4-18(27-13-14-2-3-14)12-19(21)24(7-6-21)20(25)10-15-8-16(22)11-17(23)9-15/h8-9,11,14,18-19H,2-7,10,12-13H2,1H3/t18-,19+,21-/m1/s1. The maximum atomic E-state index is 13.4. The van der Waals surface area contributed by atoms with E-state index in [9.17, 15) is 13.6 Å². The number of hydrogen-bond acceptors (Lipinski definition) is 3. The number of likely N-dealkylation sites (tertiary alicyclic amines) is 1. The van der Waals surface area contributed by atoms with Gasteiger partial charge in [0.15, 0.2) is 0 Å². The molecule has 0 N–H and O–H groups in total. The monoisotopic (exact) mass is 379 g/mol. The Bertz CT molecular complexity index is 688. The molecule has 27 heavy (non-hydrogen) atoms. The number of amides is 1. The summed E-state index contributed by atoms with van der Waals surface area (Å²) < 4.78 is 38.9. The van der Waals surface area contributed by atoms with Crippen molar-refractivity contribution in [3.8, 4) is 0 Å². The molecule has 0 unspecified atom stereocenters. The Labute approximate surface area is 158 Å². The topological polar surface area (TPSA) is 38.8 Å². The quantitative estimate of drug-likeness (QED) is 0.760. The lowest BCUT2D eigenvalue weighted by Crippen LogP contribution is -2.53. The molecule has 0 aromatic heterocycles. The van der Waals surface area contributed by atoms with Crippen LogP contribution >= 0.6 is 0 Å². The molecule has 3 fully saturated rings. The summed E-state index contributed by atoms with van der Waals surface area (Å²) in [6.45, 7) is 1.43. The van der Waals surface area contributed by atoms with Crippen LogP contribution in [0.3, 0.4) is 0 Å². The summed E-state index contributed by atoms with van der Waals surface area (Å²) >= 11 is 0. The lowest BCUT2D eigenvalue weighted by molar-refractivity contribution is -0.141. The van der Waals surface area contributed by atoms with Crippen molar-refractivity contribution in [2.75, 3.05) is 20.3 Å². The van der Waals surface area contributed by atoms with Gasteiger partial charge in [-0.2, -0.15) is 0 Å². The van der Waals surface area contributed by atoms with Gasteiger partial charge in [0.25, 0.3) is 0 Å². The van der Waals surface area contributed by atoms with Crippen molar-refractivity contribution in [1.29, 1.82) is 0 Å². The number of hydrogen-bond donors (Lipinski definition) is 0. The molecule has 0 radical (unpaired) electrons. The Morgan fingerprint density at radius 1 is 1.19 bits per heavy atom. The highest BCUT2D eigenvalue weighted by molar-refractivity contribution is 5.79. The highest BCUT2D eigenvalue weighted by atomic mass is 19.1. The molecule has 3 aliphatic rings. The summed E-state index contributed by atoms with van der Waals surface area (Å²) in [6.07, 6.45) is 6.06. The number of carbonyl (C=O) groups excluding carboxylic acids is 1. The summed E-state index contributed by atoms with van der Waals surface area (Å²) in [5.41, 5.74) is 0.0483. The predicted molar refractivity (Wildman–Crippen MR) is 96.2 cm³/mol. The number of carbonyl (C=O) groups is 1. The van der Waals surface area contributed by atoms with E-state index in [0.717, 1.165) is 38.4 Å². The van der Waals surface area contributed by atoms with Gasteiger partial charge in [-0.25, -0.2) is 8.78 Å². The van der Waals surface area contributed by atoms with Crippen LogP contribution in [0.15, 0.2) is 18.2 Å². The number of benzene rings is 1. The summed E-state index contributed by atoms with van der Waals surface area (Å²) in [6, 6.07) is 3.24. The smallest absolute Gasteiger partial charge is 0.227 e. The lowest BCUT2D eigenvalue weighted by atomic mass is 9.79. The van der Waals surface area contributed by atoms with Crippen LogP contribution in [0, 0.1) is 17.6 Å². The normalized spacial score (nSPS) is 30.4. The van der Waals surface area contributed by atoms with Crippen LogP contribution in [0.4, 0.5) is 8.78 Å². The molecular weight excluding hydrogens is 352 g/mol. The second-order valence-electron chi connectivity index (χ2n) is 8.25. The van der Waals surface area contributed by atoms with Crippen molar-refractivity contribution < 1.29 is 23.0 Å². The second-order valence-corrected chi connectivity index (χ2v) is 8.25. The Balaban J connectivity index is 1.45. The summed E-state index contributed by atoms with van der Waals surface area (Å²) in [7, 11) is 1.72. The number of halogens is 2. The molecule has 2 saturated carbocycles. The fraction of sp³-hybridized carbons (Fsp3) is 0.667. The average Bonchev–Trinajstić information content (AvgIpc) is 3.37. The molecule has 1 aromatic carbocycles. The number of fused-ring (bicyclic) bond motifs is 1. The first kappa shape index (κ1) is 18.8. The van der Waals surface area contributed by atoms with Gasteiger partial charge < -0.3 is 14.4 Å². The molecule has 1 aromatic rings. The van der Waals surface area contributed by atoms with E-state index in [2.05, 4.69) is 0 Å². The first-order chi connectivity index (χ1) is 13.0. The Kier molecular flexibility index (Phi) is 5.21. The first-order valence-corrected chi connectivity index (χ1v) is 9.90. The molecule has 4 rings (SSSR count). The molecule has 3 atom stereocenters. The molecule has 1 saturated heterocycles. The third-order valence-electron chi connectivity index (χ3n) is 6.40. The lowest BCUT2D eigenvalue weighted by Gasteiger charge is -2.43. The van der Waals surface area contributed by atoms with Crippen LogP contribution in [0.1, 0.15) is 44.1 Å². The molecule has 1 aliphatic heterocycles. The molecule has 1 heterocycles. The van der Waals surface area contributed by atoms with Crippen LogP contribution in [0.25, 0.3) is 0 Å². The Morgan fingerprint density at radius 3 is 2.59 bits per heavy atom. The van der Waals surface area contributed by atoms with Crippen LogP contribution < -0.4 is 0 Å². The fourth-order valence-corrected chi connectivity index (χ4v) is 4.66. The molecule has 1 amide bonds. The van der Waals surface area contributed by atoms with Crippen LogP contribution in [0.2, 0.25) is 0 Å². The molecule has 148 valence electrons. The maximum absolute atomic E-state index is 13.4. The third kappa shape index (κ3) is 4.02. The van der Waals surface area contributed by atoms with Gasteiger partial charge in [-0.3, -0.25) is 4.79 Å². The zero-order valence-electron chi connectivity index (χ0n) is 15.8. The highest BCUT2D eigenvalue weighted by Gasteiger charge is 2.52. The predicted octanol–water partition coefficient (Wildman–Crippen LogP) is 3.47. The molecular formula is C21H27F2NO3. The van der Waals surface area contributed by atoms with Gasteiger partial charge in [-0.1, -0.05) is 0 Å². The number of ether oxygens (including phenoxy) is 2. The fourth-order valence-electron chi connectivity index (χ4n) is 4.66. The van der Waals surface area contributed by atoms with E-state index in [-0.39, 0.29) is 30.1 Å². The van der Waals surface area contributed by atoms with E-state index in [1.54, 1.807) is 7.11 Å². The zero-order chi connectivity index (χ0) is 19.0. The molecule has 0 spiro atoms. The highest BCUT2D eigenvalue weighted by Crippen LogP contribution is 2.44. The van der Waals surface area contributed by atoms with Crippen LogP contribution in [-0.2, 0) is 20.7 Å². The van der Waals surface area contributed by atoms with Crippen LogP contribution in [0.5, 0.6) is 0 Å². The van der Waals surface area contributed by atoms with Gasteiger partial charge in [0.2, 0.25) is 5.91 Å². The number of rotatable bonds is 6. The minimum atomic E-state index is -0.656. The van der Waals surface area contributed by atoms with Gasteiger partial charge in [0.05, 0.1) is 24.2 Å². The maximum Gasteiger partial charge on any atom is 0.227 e. The van der Waals surface area contributed by atoms with Crippen molar-refractivity contribution in [3.63, 3.8) is 0 Å². The van der Waals surface area contributed by atoms with Crippen molar-refractivity contribution in [2.45, 2.75) is 62.7 Å². The van der Waals surface area contributed by atoms with E-state index in [1.165, 1.54) is 25.0 Å². The first-order valence-electron chi connectivity index (χ1n) is 9.90. The minimum Gasteiger partial charge on any atom is -0.378 e. The van der Waals surface area contributed by atoms with E-state index < -0.39 is 11.6 Å². The summed E-state index contributed by atoms with van der Waals surface area (Å²) in [5, 5.41) is 0. The van der Waals surface area contributed by atoms with Gasteiger partial charge in [0, 0.05) is 26.3 Å². The van der Waals surface area contributed by atoms with E-state index >= 15 is 0 Å². The third-order valence-corrected chi connectivity index (χ3v) is 6.40. The van der Waals surface area contributed by atoms with E-state index in [1.807, 2.05) is 4.90 Å². The molecule has 4 nitrogen and oxygen atoms in total. The van der Waals surface area contributed by atoms with E-state index in [4.69, 9.17) is 9.47 Å². The average molecular weight is 379 g/mol. The summed E-state index contributed by atoms with van der Waals surface area (Å²) in [5.74, 6) is -0.705. The van der Waals surface area contributed by atoms with Crippen LogP contribution in [-0.4, -0.2) is 48.8 Å². The van der Waals surface area contributed by atoms with E-state index in [0.29, 0.717) is 18.0 Å². The van der Waals surface area contributed by atoms with Gasteiger partial charge >= 0.3 is 0 Å². The number of nitrogens with zero attached hydrogens (tertiary/aromatic N) is 1. The second kappa shape index (κ2) is 7.47. The molecule has 6 heteroatoms. The zero-order valence-corrected chi connectivity index (χ0v) is 15.8. The van der Waals surface area contributed by atoms with Crippen molar-refractivity contribution in [2.24, 2.45) is 5.92 Å². The molecule has 2 aliphatic carbocycles. The number of methoxy groups -OCH3 is 1. The SMILES string of the molecule is CO[C@@]12CC[C@@H](OCC3CC3)C[C@@H]1N(C(=O)Cc1cc(F)cc(F)c1)CC2. The van der Waals surface area contributed by atoms with Gasteiger partial charge in [-0.05, 0) is 62.1 Å². The van der Waals surface area contributed by atoms with Crippen molar-refractivity contribution in [1.82, 2.24) is 4.90 Å². The largest absolute Gasteiger partial charge is 0.378 e. The Morgan fingerprint density at radius 2 is 1.93 bits per heavy atom. The van der Waals surface area contributed by atoms with Gasteiger partial charge in [-0.15, -0.1) is 0 Å². The minimum absolute atomic E-state index is 0.00142.